The van der Waals surface area contributed by atoms with Crippen LogP contribution < -0.4 is 4.74 Å². The lowest BCUT2D eigenvalue weighted by atomic mass is 10.0. The summed E-state index contributed by atoms with van der Waals surface area (Å²) in [5.41, 5.74) is 0.538. The van der Waals surface area contributed by atoms with E-state index in [1.165, 1.54) is 0 Å². The molecule has 3 nitrogen and oxygen atoms in total. The van der Waals surface area contributed by atoms with Gasteiger partial charge in [-0.15, -0.1) is 0 Å². The highest BCUT2D eigenvalue weighted by Crippen LogP contribution is 2.27. The molecule has 0 aliphatic heterocycles. The topological polar surface area (TPSA) is 39.2 Å². The second kappa shape index (κ2) is 7.43. The van der Waals surface area contributed by atoms with E-state index in [0.717, 1.165) is 6.42 Å². The summed E-state index contributed by atoms with van der Waals surface area (Å²) >= 11 is 11.8. The molecule has 0 saturated carbocycles. The van der Waals surface area contributed by atoms with Gasteiger partial charge in [0.05, 0.1) is 10.0 Å². The van der Waals surface area contributed by atoms with E-state index >= 15 is 0 Å². The van der Waals surface area contributed by atoms with E-state index in [0.29, 0.717) is 27.8 Å². The zero-order valence-corrected chi connectivity index (χ0v) is 13.1. The molecule has 1 atom stereocenters. The van der Waals surface area contributed by atoms with E-state index in [1.807, 2.05) is 6.92 Å². The molecule has 0 radical (unpaired) electrons. The average molecular weight is 324 g/mol. The Hall–Kier alpha value is -1.58. The molecule has 0 N–H and O–H groups in total. The van der Waals surface area contributed by atoms with Gasteiger partial charge in [-0.1, -0.05) is 36.5 Å². The molecule has 0 bridgehead atoms. The third-order valence-electron chi connectivity index (χ3n) is 2.96. The van der Waals surface area contributed by atoms with Crippen LogP contribution in [-0.2, 0) is 0 Å². The normalized spacial score (nSPS) is 12.0. The number of pyridine rings is 1. The molecular weight excluding hydrogens is 309 g/mol. The van der Waals surface area contributed by atoms with Crippen molar-refractivity contribution in [2.45, 2.75) is 25.9 Å². The van der Waals surface area contributed by atoms with Crippen LogP contribution in [0, 0.1) is 0 Å². The number of hydrogen-bond acceptors (Lipinski definition) is 3. The number of ether oxygens (including phenoxy) is 1. The first kappa shape index (κ1) is 15.8. The summed E-state index contributed by atoms with van der Waals surface area (Å²) < 4.78 is 5.79. The van der Waals surface area contributed by atoms with Crippen LogP contribution in [0.15, 0.2) is 42.7 Å². The van der Waals surface area contributed by atoms with E-state index in [9.17, 15) is 4.79 Å². The van der Waals surface area contributed by atoms with Crippen molar-refractivity contribution < 1.29 is 9.53 Å². The number of carbonyl (C=O) groups excluding carboxylic acids is 1. The van der Waals surface area contributed by atoms with Gasteiger partial charge in [0.15, 0.2) is 6.10 Å². The van der Waals surface area contributed by atoms with Crippen LogP contribution in [0.5, 0.6) is 5.75 Å². The fourth-order valence-electron chi connectivity index (χ4n) is 1.91. The van der Waals surface area contributed by atoms with Crippen molar-refractivity contribution in [3.63, 3.8) is 0 Å². The van der Waals surface area contributed by atoms with Gasteiger partial charge in [0.1, 0.15) is 5.75 Å². The highest BCUT2D eigenvalue weighted by atomic mass is 35.5. The molecule has 0 aliphatic rings. The second-order valence-corrected chi connectivity index (χ2v) is 5.39. The Kier molecular flexibility index (Phi) is 5.59. The summed E-state index contributed by atoms with van der Waals surface area (Å²) in [4.78, 5) is 16.4. The number of carbonyl (C=O) groups is 1. The highest BCUT2D eigenvalue weighted by molar-refractivity contribution is 6.42. The molecule has 1 unspecified atom stereocenters. The van der Waals surface area contributed by atoms with Crippen molar-refractivity contribution in [3.8, 4) is 5.75 Å². The summed E-state index contributed by atoms with van der Waals surface area (Å²) in [6.45, 7) is 2.00. The number of benzene rings is 1. The summed E-state index contributed by atoms with van der Waals surface area (Å²) in [5.74, 6) is 0.441. The van der Waals surface area contributed by atoms with Gasteiger partial charge in [-0.2, -0.15) is 0 Å². The fraction of sp³-hybridized carbons (Fsp3) is 0.250. The average Bonchev–Trinajstić information content (AvgIpc) is 2.50. The van der Waals surface area contributed by atoms with Crippen molar-refractivity contribution in [1.82, 2.24) is 4.98 Å². The van der Waals surface area contributed by atoms with E-state index in [-0.39, 0.29) is 5.78 Å². The second-order valence-electron chi connectivity index (χ2n) is 4.58. The Morgan fingerprint density at radius 1 is 1.29 bits per heavy atom. The zero-order valence-electron chi connectivity index (χ0n) is 11.6. The zero-order chi connectivity index (χ0) is 15.2. The van der Waals surface area contributed by atoms with Crippen LogP contribution in [0.4, 0.5) is 0 Å². The number of halogens is 2. The summed E-state index contributed by atoms with van der Waals surface area (Å²) in [6.07, 6.45) is 4.07. The molecule has 0 fully saturated rings. The predicted molar refractivity (Wildman–Crippen MR) is 84.4 cm³/mol. The minimum Gasteiger partial charge on any atom is -0.482 e. The Morgan fingerprint density at radius 3 is 2.71 bits per heavy atom. The lowest BCUT2D eigenvalue weighted by Crippen LogP contribution is -2.27. The minimum absolute atomic E-state index is 0.0870. The highest BCUT2D eigenvalue weighted by Gasteiger charge is 2.21. The van der Waals surface area contributed by atoms with E-state index < -0.39 is 6.10 Å². The fourth-order valence-corrected chi connectivity index (χ4v) is 2.20. The minimum atomic E-state index is -0.559. The van der Waals surface area contributed by atoms with Gasteiger partial charge in [0.2, 0.25) is 5.78 Å². The van der Waals surface area contributed by atoms with E-state index in [4.69, 9.17) is 27.9 Å². The van der Waals surface area contributed by atoms with Gasteiger partial charge in [-0.05, 0) is 30.7 Å². The van der Waals surface area contributed by atoms with E-state index in [2.05, 4.69) is 4.98 Å². The maximum absolute atomic E-state index is 12.5. The van der Waals surface area contributed by atoms with Gasteiger partial charge in [-0.25, -0.2) is 0 Å². The monoisotopic (exact) mass is 323 g/mol. The number of aromatic nitrogens is 1. The van der Waals surface area contributed by atoms with E-state index in [1.54, 1.807) is 42.7 Å². The van der Waals surface area contributed by atoms with Gasteiger partial charge >= 0.3 is 0 Å². The number of hydrogen-bond donors (Lipinski definition) is 0. The lowest BCUT2D eigenvalue weighted by molar-refractivity contribution is 0.0777. The molecule has 0 aliphatic carbocycles. The molecule has 2 rings (SSSR count). The molecular formula is C16H15Cl2NO2. The smallest absolute Gasteiger partial charge is 0.204 e. The quantitative estimate of drug-likeness (QED) is 0.715. The maximum Gasteiger partial charge on any atom is 0.204 e. The van der Waals surface area contributed by atoms with Crippen molar-refractivity contribution in [3.05, 3.63) is 58.3 Å². The van der Waals surface area contributed by atoms with Crippen molar-refractivity contribution >= 4 is 29.0 Å². The third-order valence-corrected chi connectivity index (χ3v) is 3.70. The van der Waals surface area contributed by atoms with Crippen LogP contribution >= 0.6 is 23.2 Å². The number of Topliss-reactive ketones (excluding diaryl/α,β-unsaturated/α-hetero) is 1. The summed E-state index contributed by atoms with van der Waals surface area (Å²) in [5, 5.41) is 0.855. The van der Waals surface area contributed by atoms with Gasteiger partial charge < -0.3 is 4.74 Å². The number of ketones is 1. The Balaban J connectivity index is 2.19. The molecule has 0 spiro atoms. The molecule has 0 saturated heterocycles. The van der Waals surface area contributed by atoms with Gasteiger partial charge in [-0.3, -0.25) is 9.78 Å². The Bertz CT molecular complexity index is 617. The van der Waals surface area contributed by atoms with Gasteiger partial charge in [0, 0.05) is 24.0 Å². The van der Waals surface area contributed by atoms with Crippen LogP contribution in [0.3, 0.4) is 0 Å². The Morgan fingerprint density at radius 2 is 2.10 bits per heavy atom. The number of rotatable bonds is 6. The summed E-state index contributed by atoms with van der Waals surface area (Å²) in [6, 6.07) is 8.43. The molecule has 1 heterocycles. The molecule has 5 heteroatoms. The van der Waals surface area contributed by atoms with Crippen molar-refractivity contribution in [2.75, 3.05) is 0 Å². The first-order valence-electron chi connectivity index (χ1n) is 6.67. The van der Waals surface area contributed by atoms with Crippen LogP contribution in [0.1, 0.15) is 30.1 Å². The first-order valence-corrected chi connectivity index (χ1v) is 7.43. The SMILES string of the molecule is CCCC(Oc1ccc(Cl)c(Cl)c1)C(=O)c1cccnc1. The standard InChI is InChI=1S/C16H15Cl2NO2/c1-2-4-15(16(20)11-5-3-8-19-10-11)21-12-6-7-13(17)14(18)9-12/h3,5-10,15H,2,4H2,1H3. The van der Waals surface area contributed by atoms with Crippen molar-refractivity contribution in [1.29, 1.82) is 0 Å². The van der Waals surface area contributed by atoms with Crippen LogP contribution in [-0.4, -0.2) is 16.9 Å². The lowest BCUT2D eigenvalue weighted by Gasteiger charge is -2.17. The Labute approximate surface area is 133 Å². The summed E-state index contributed by atoms with van der Waals surface area (Å²) in [7, 11) is 0. The molecule has 1 aromatic carbocycles. The molecule has 1 aromatic heterocycles. The van der Waals surface area contributed by atoms with Crippen LogP contribution in [0.2, 0.25) is 10.0 Å². The molecule has 110 valence electrons. The number of nitrogens with zero attached hydrogens (tertiary/aromatic N) is 1. The van der Waals surface area contributed by atoms with Crippen LogP contribution in [0.25, 0.3) is 0 Å². The maximum atomic E-state index is 12.5. The van der Waals surface area contributed by atoms with Crippen molar-refractivity contribution in [2.24, 2.45) is 0 Å². The van der Waals surface area contributed by atoms with Gasteiger partial charge in [0.25, 0.3) is 0 Å². The molecule has 0 amide bonds. The first-order chi connectivity index (χ1) is 10.1. The largest absolute Gasteiger partial charge is 0.482 e. The third kappa shape index (κ3) is 4.19. The predicted octanol–water partition coefficient (Wildman–Crippen LogP) is 4.82. The molecule has 2 aromatic rings. The molecule has 21 heavy (non-hydrogen) atoms.